The minimum Gasteiger partial charge on any atom is -0.493 e. The van der Waals surface area contributed by atoms with Crippen molar-refractivity contribution in [2.45, 2.75) is 13.2 Å². The molecule has 25 heavy (non-hydrogen) atoms. The van der Waals surface area contributed by atoms with Gasteiger partial charge in [-0.3, -0.25) is 0 Å². The molecular weight excluding hydrogens is 334 g/mol. The van der Waals surface area contributed by atoms with Crippen LogP contribution in [0, 0.1) is 0 Å². The van der Waals surface area contributed by atoms with E-state index < -0.39 is 0 Å². The third-order valence-corrected chi connectivity index (χ3v) is 4.21. The molecule has 0 saturated heterocycles. The zero-order valence-electron chi connectivity index (χ0n) is 14.0. The Balaban J connectivity index is 1.66. The highest BCUT2D eigenvalue weighted by atomic mass is 35.5. The molecule has 3 aromatic rings. The summed E-state index contributed by atoms with van der Waals surface area (Å²) in [5, 5.41) is 4.08. The molecule has 0 aliphatic heterocycles. The molecule has 0 aromatic heterocycles. The van der Waals surface area contributed by atoms with Crippen molar-refractivity contribution in [3.05, 3.63) is 88.9 Å². The minimum atomic E-state index is 0.400. The van der Waals surface area contributed by atoms with Gasteiger partial charge in [0, 0.05) is 22.8 Å². The van der Waals surface area contributed by atoms with E-state index in [2.05, 4.69) is 5.32 Å². The molecule has 0 saturated carbocycles. The molecule has 3 nitrogen and oxygen atoms in total. The third-order valence-electron chi connectivity index (χ3n) is 3.84. The highest BCUT2D eigenvalue weighted by Crippen LogP contribution is 2.30. The van der Waals surface area contributed by atoms with Crippen molar-refractivity contribution < 1.29 is 9.47 Å². The standard InChI is InChI=1S/C21H20ClNO2/c1-24-21-13-16(14-23-18-8-3-2-4-9-18)11-12-20(21)25-15-17-7-5-6-10-19(17)22/h2-13,23H,14-15H2,1H3. The molecule has 0 fully saturated rings. The number of rotatable bonds is 7. The number of methoxy groups -OCH3 is 1. The normalized spacial score (nSPS) is 10.3. The number of anilines is 1. The Bertz CT molecular complexity index is 821. The summed E-state index contributed by atoms with van der Waals surface area (Å²) in [6.07, 6.45) is 0. The van der Waals surface area contributed by atoms with Gasteiger partial charge < -0.3 is 14.8 Å². The van der Waals surface area contributed by atoms with Gasteiger partial charge in [0.1, 0.15) is 6.61 Å². The van der Waals surface area contributed by atoms with E-state index in [-0.39, 0.29) is 0 Å². The van der Waals surface area contributed by atoms with Crippen LogP contribution < -0.4 is 14.8 Å². The topological polar surface area (TPSA) is 30.5 Å². The molecular formula is C21H20ClNO2. The molecule has 0 heterocycles. The van der Waals surface area contributed by atoms with Crippen molar-refractivity contribution in [1.29, 1.82) is 0 Å². The number of para-hydroxylation sites is 1. The Morgan fingerprint density at radius 3 is 2.40 bits per heavy atom. The quantitative estimate of drug-likeness (QED) is 0.605. The largest absolute Gasteiger partial charge is 0.493 e. The smallest absolute Gasteiger partial charge is 0.161 e. The zero-order valence-corrected chi connectivity index (χ0v) is 14.8. The Morgan fingerprint density at radius 1 is 0.880 bits per heavy atom. The molecule has 0 aliphatic carbocycles. The SMILES string of the molecule is COc1cc(CNc2ccccc2)ccc1OCc1ccccc1Cl. The van der Waals surface area contributed by atoms with E-state index in [4.69, 9.17) is 21.1 Å². The van der Waals surface area contributed by atoms with E-state index in [1.54, 1.807) is 7.11 Å². The third kappa shape index (κ3) is 4.68. The van der Waals surface area contributed by atoms with E-state index in [9.17, 15) is 0 Å². The molecule has 3 rings (SSSR count). The van der Waals surface area contributed by atoms with Crippen molar-refractivity contribution >= 4 is 17.3 Å². The molecule has 0 spiro atoms. The predicted molar refractivity (Wildman–Crippen MR) is 103 cm³/mol. The van der Waals surface area contributed by atoms with Gasteiger partial charge in [0.2, 0.25) is 0 Å². The Hall–Kier alpha value is -2.65. The van der Waals surface area contributed by atoms with Crippen LogP contribution in [0.3, 0.4) is 0 Å². The Labute approximate surface area is 153 Å². The van der Waals surface area contributed by atoms with E-state index in [1.807, 2.05) is 72.8 Å². The Kier molecular flexibility index (Phi) is 5.81. The summed E-state index contributed by atoms with van der Waals surface area (Å²) >= 11 is 6.17. The number of nitrogens with one attached hydrogen (secondary N) is 1. The van der Waals surface area contributed by atoms with Crippen molar-refractivity contribution in [3.63, 3.8) is 0 Å². The maximum Gasteiger partial charge on any atom is 0.161 e. The van der Waals surface area contributed by atoms with Gasteiger partial charge in [-0.15, -0.1) is 0 Å². The first-order valence-electron chi connectivity index (χ1n) is 8.08. The van der Waals surface area contributed by atoms with E-state index in [1.165, 1.54) is 0 Å². The second kappa shape index (κ2) is 8.45. The summed E-state index contributed by atoms with van der Waals surface area (Å²) in [7, 11) is 1.64. The van der Waals surface area contributed by atoms with Crippen LogP contribution in [0.5, 0.6) is 11.5 Å². The summed E-state index contributed by atoms with van der Waals surface area (Å²) < 4.78 is 11.4. The Morgan fingerprint density at radius 2 is 1.64 bits per heavy atom. The summed E-state index contributed by atoms with van der Waals surface area (Å²) in [4.78, 5) is 0. The lowest BCUT2D eigenvalue weighted by Gasteiger charge is -2.13. The van der Waals surface area contributed by atoms with Crippen LogP contribution in [0.15, 0.2) is 72.8 Å². The molecule has 0 bridgehead atoms. The van der Waals surface area contributed by atoms with Crippen molar-refractivity contribution in [1.82, 2.24) is 0 Å². The predicted octanol–water partition coefficient (Wildman–Crippen LogP) is 5.54. The van der Waals surface area contributed by atoms with Crippen LogP contribution in [-0.4, -0.2) is 7.11 Å². The van der Waals surface area contributed by atoms with Gasteiger partial charge >= 0.3 is 0 Å². The molecule has 0 unspecified atom stereocenters. The highest BCUT2D eigenvalue weighted by Gasteiger charge is 2.07. The summed E-state index contributed by atoms with van der Waals surface area (Å²) in [6, 6.07) is 23.7. The van der Waals surface area contributed by atoms with E-state index >= 15 is 0 Å². The van der Waals surface area contributed by atoms with Gasteiger partial charge in [0.05, 0.1) is 7.11 Å². The van der Waals surface area contributed by atoms with Crippen LogP contribution in [0.1, 0.15) is 11.1 Å². The first kappa shape index (κ1) is 17.2. The van der Waals surface area contributed by atoms with Crippen molar-refractivity contribution in [3.8, 4) is 11.5 Å². The van der Waals surface area contributed by atoms with E-state index in [0.717, 1.165) is 16.8 Å². The lowest BCUT2D eigenvalue weighted by molar-refractivity contribution is 0.284. The second-order valence-electron chi connectivity index (χ2n) is 5.58. The molecule has 0 atom stereocenters. The summed E-state index contributed by atoms with van der Waals surface area (Å²) in [5.74, 6) is 1.41. The lowest BCUT2D eigenvalue weighted by Crippen LogP contribution is -2.02. The summed E-state index contributed by atoms with van der Waals surface area (Å²) in [5.41, 5.74) is 3.15. The van der Waals surface area contributed by atoms with Crippen molar-refractivity contribution in [2.75, 3.05) is 12.4 Å². The van der Waals surface area contributed by atoms with Gasteiger partial charge in [0.15, 0.2) is 11.5 Å². The van der Waals surface area contributed by atoms with Gasteiger partial charge in [-0.2, -0.15) is 0 Å². The fraction of sp³-hybridized carbons (Fsp3) is 0.143. The van der Waals surface area contributed by atoms with Crippen LogP contribution in [0.25, 0.3) is 0 Å². The van der Waals surface area contributed by atoms with Crippen molar-refractivity contribution in [2.24, 2.45) is 0 Å². The number of hydrogen-bond acceptors (Lipinski definition) is 3. The maximum atomic E-state index is 6.17. The molecule has 0 aliphatic rings. The van der Waals surface area contributed by atoms with Gasteiger partial charge in [-0.1, -0.05) is 54.1 Å². The molecule has 3 aromatic carbocycles. The van der Waals surface area contributed by atoms with Gasteiger partial charge in [-0.25, -0.2) is 0 Å². The first-order valence-corrected chi connectivity index (χ1v) is 8.46. The number of hydrogen-bond donors (Lipinski definition) is 1. The average molecular weight is 354 g/mol. The lowest BCUT2D eigenvalue weighted by atomic mass is 10.2. The van der Waals surface area contributed by atoms with Crippen LogP contribution in [0.4, 0.5) is 5.69 Å². The highest BCUT2D eigenvalue weighted by molar-refractivity contribution is 6.31. The molecule has 128 valence electrons. The number of benzene rings is 3. The monoisotopic (exact) mass is 353 g/mol. The van der Waals surface area contributed by atoms with Crippen LogP contribution in [0.2, 0.25) is 5.02 Å². The first-order chi connectivity index (χ1) is 12.3. The van der Waals surface area contributed by atoms with Crippen LogP contribution in [-0.2, 0) is 13.2 Å². The second-order valence-corrected chi connectivity index (χ2v) is 5.99. The number of ether oxygens (including phenoxy) is 2. The minimum absolute atomic E-state index is 0.400. The maximum absolute atomic E-state index is 6.17. The molecule has 4 heteroatoms. The molecule has 0 radical (unpaired) electrons. The molecule has 0 amide bonds. The average Bonchev–Trinajstić information content (AvgIpc) is 2.67. The fourth-order valence-corrected chi connectivity index (χ4v) is 2.66. The number of halogens is 1. The fourth-order valence-electron chi connectivity index (χ4n) is 2.47. The zero-order chi connectivity index (χ0) is 17.5. The van der Waals surface area contributed by atoms with Crippen LogP contribution >= 0.6 is 11.6 Å². The molecule has 1 N–H and O–H groups in total. The van der Waals surface area contributed by atoms with E-state index in [0.29, 0.717) is 29.7 Å². The van der Waals surface area contributed by atoms with Gasteiger partial charge in [-0.05, 0) is 35.9 Å². The van der Waals surface area contributed by atoms with Gasteiger partial charge in [0.25, 0.3) is 0 Å². The summed E-state index contributed by atoms with van der Waals surface area (Å²) in [6.45, 7) is 1.11.